The van der Waals surface area contributed by atoms with E-state index in [1.807, 2.05) is 27.7 Å². The van der Waals surface area contributed by atoms with Crippen molar-refractivity contribution in [2.24, 2.45) is 17.3 Å². The molecule has 0 radical (unpaired) electrons. The van der Waals surface area contributed by atoms with Gasteiger partial charge in [-0.2, -0.15) is 4.31 Å². The number of rotatable bonds is 5. The summed E-state index contributed by atoms with van der Waals surface area (Å²) in [6.45, 7) is 9.31. The van der Waals surface area contributed by atoms with Gasteiger partial charge in [0.25, 0.3) is 0 Å². The average Bonchev–Trinajstić information content (AvgIpc) is 3.16. The molecule has 28 heavy (non-hydrogen) atoms. The zero-order chi connectivity index (χ0) is 20.7. The fraction of sp³-hybridized carbons (Fsp3) is 0.550. The lowest BCUT2D eigenvalue weighted by atomic mass is 10.1. The lowest BCUT2D eigenvalue weighted by Crippen LogP contribution is -2.40. The molecule has 1 aliphatic carbocycles. The predicted molar refractivity (Wildman–Crippen MR) is 107 cm³/mol. The number of nitrogens with one attached hydrogen (secondary N) is 1. The summed E-state index contributed by atoms with van der Waals surface area (Å²) >= 11 is 0. The molecule has 1 aliphatic heterocycles. The molecule has 0 unspecified atom stereocenters. The molecule has 7 nitrogen and oxygen atoms in total. The second kappa shape index (κ2) is 7.50. The molecule has 2 atom stereocenters. The third kappa shape index (κ3) is 3.94. The van der Waals surface area contributed by atoms with Gasteiger partial charge in [0.2, 0.25) is 15.9 Å². The van der Waals surface area contributed by atoms with E-state index in [4.69, 9.17) is 4.74 Å². The normalized spacial score (nSPS) is 24.4. The third-order valence-electron chi connectivity index (χ3n) is 5.54. The van der Waals surface area contributed by atoms with Crippen LogP contribution in [0.25, 0.3) is 0 Å². The summed E-state index contributed by atoms with van der Waals surface area (Å²) in [6, 6.07) is 3.97. The zero-order valence-corrected chi connectivity index (χ0v) is 17.5. The first-order chi connectivity index (χ1) is 13.0. The second-order valence-corrected chi connectivity index (χ2v) is 10.2. The molecule has 1 amide bonds. The molecule has 0 spiro atoms. The average molecular weight is 409 g/mol. The van der Waals surface area contributed by atoms with Crippen LogP contribution in [0.3, 0.4) is 0 Å². The van der Waals surface area contributed by atoms with Gasteiger partial charge in [0.05, 0.1) is 29.7 Å². The Hall–Kier alpha value is -1.90. The maximum Gasteiger partial charge on any atom is 0.243 e. The van der Waals surface area contributed by atoms with E-state index in [1.165, 1.54) is 22.5 Å². The Kier molecular flexibility index (Phi) is 5.58. The van der Waals surface area contributed by atoms with Crippen LogP contribution >= 0.6 is 0 Å². The number of hydrogen-bond acceptors (Lipinski definition) is 5. The summed E-state index contributed by atoms with van der Waals surface area (Å²) in [4.78, 5) is 12.8. The van der Waals surface area contributed by atoms with Gasteiger partial charge in [-0.3, -0.25) is 4.79 Å². The highest BCUT2D eigenvalue weighted by atomic mass is 32.2. The molecule has 0 aromatic heterocycles. The van der Waals surface area contributed by atoms with E-state index in [0.29, 0.717) is 13.2 Å². The van der Waals surface area contributed by atoms with Gasteiger partial charge >= 0.3 is 0 Å². The van der Waals surface area contributed by atoms with E-state index >= 15 is 0 Å². The first-order valence-corrected chi connectivity index (χ1v) is 10.9. The number of amides is 1. The van der Waals surface area contributed by atoms with Gasteiger partial charge in [-0.15, -0.1) is 0 Å². The topological polar surface area (TPSA) is 95.9 Å². The number of carbonyl (C=O) groups excluding carboxylic acids is 1. The summed E-state index contributed by atoms with van der Waals surface area (Å²) < 4.78 is 32.2. The van der Waals surface area contributed by atoms with E-state index in [-0.39, 0.29) is 52.6 Å². The van der Waals surface area contributed by atoms with Crippen LogP contribution in [-0.4, -0.2) is 50.0 Å². The molecule has 0 bridgehead atoms. The highest BCUT2D eigenvalue weighted by molar-refractivity contribution is 7.89. The molecule has 1 aromatic carbocycles. The SMILES string of the molecule is CC(C)=C[C@H]1[C@H](C(=O)Nc2cc(S(=O)(=O)N3CCOCC3)ccc2O)C1(C)C. The number of aromatic hydroxyl groups is 1. The number of hydrogen-bond donors (Lipinski definition) is 2. The molecule has 2 fully saturated rings. The second-order valence-electron chi connectivity index (χ2n) is 8.25. The number of benzene rings is 1. The minimum Gasteiger partial charge on any atom is -0.506 e. The van der Waals surface area contributed by atoms with Crippen molar-refractivity contribution in [3.63, 3.8) is 0 Å². The van der Waals surface area contributed by atoms with E-state index in [2.05, 4.69) is 11.4 Å². The van der Waals surface area contributed by atoms with Gasteiger partial charge < -0.3 is 15.2 Å². The summed E-state index contributed by atoms with van der Waals surface area (Å²) in [7, 11) is -3.71. The standard InChI is InChI=1S/C20H28N2O5S/c1-13(2)11-15-18(20(15,3)4)19(24)21-16-12-14(5-6-17(16)23)28(25,26)22-7-9-27-10-8-22/h5-6,11-12,15,18,23H,7-10H2,1-4H3,(H,21,24)/t15-,18+/m0/s1. The first kappa shape index (κ1) is 20.8. The predicted octanol–water partition coefficient (Wildman–Crippen LogP) is 2.59. The van der Waals surface area contributed by atoms with Crippen LogP contribution in [0.15, 0.2) is 34.7 Å². The summed E-state index contributed by atoms with van der Waals surface area (Å²) in [5.74, 6) is -0.476. The van der Waals surface area contributed by atoms with Gasteiger partial charge in [-0.05, 0) is 43.4 Å². The molecular formula is C20H28N2O5S. The fourth-order valence-electron chi connectivity index (χ4n) is 3.77. The Balaban J connectivity index is 1.81. The minimum atomic E-state index is -3.71. The van der Waals surface area contributed by atoms with Gasteiger partial charge in [-0.1, -0.05) is 25.5 Å². The highest BCUT2D eigenvalue weighted by Gasteiger charge is 2.60. The fourth-order valence-corrected chi connectivity index (χ4v) is 5.21. The Bertz CT molecular complexity index is 897. The number of allylic oxidation sites excluding steroid dienone is 2. The Morgan fingerprint density at radius 1 is 1.29 bits per heavy atom. The monoisotopic (exact) mass is 408 g/mol. The van der Waals surface area contributed by atoms with Crippen LogP contribution in [0.1, 0.15) is 27.7 Å². The lowest BCUT2D eigenvalue weighted by Gasteiger charge is -2.26. The largest absolute Gasteiger partial charge is 0.506 e. The molecule has 2 aliphatic rings. The van der Waals surface area contributed by atoms with Crippen molar-refractivity contribution >= 4 is 21.6 Å². The quantitative estimate of drug-likeness (QED) is 0.577. The van der Waals surface area contributed by atoms with Crippen molar-refractivity contribution in [2.75, 3.05) is 31.6 Å². The molecule has 2 N–H and O–H groups in total. The van der Waals surface area contributed by atoms with Crippen LogP contribution in [-0.2, 0) is 19.6 Å². The molecule has 1 heterocycles. The lowest BCUT2D eigenvalue weighted by molar-refractivity contribution is -0.118. The Labute approximate surface area is 166 Å². The van der Waals surface area contributed by atoms with Crippen LogP contribution in [0.2, 0.25) is 0 Å². The number of nitrogens with zero attached hydrogens (tertiary/aromatic N) is 1. The Morgan fingerprint density at radius 3 is 2.54 bits per heavy atom. The molecule has 1 aromatic rings. The maximum absolute atomic E-state index is 12.8. The summed E-state index contributed by atoms with van der Waals surface area (Å²) in [5.41, 5.74) is 1.09. The molecule has 8 heteroatoms. The molecular weight excluding hydrogens is 380 g/mol. The molecule has 3 rings (SSSR count). The van der Waals surface area contributed by atoms with Gasteiger partial charge in [-0.25, -0.2) is 8.42 Å². The van der Waals surface area contributed by atoms with E-state index in [1.54, 1.807) is 0 Å². The zero-order valence-electron chi connectivity index (χ0n) is 16.7. The number of anilines is 1. The van der Waals surface area contributed by atoms with E-state index in [9.17, 15) is 18.3 Å². The number of morpholine rings is 1. The third-order valence-corrected chi connectivity index (χ3v) is 7.43. The summed E-state index contributed by atoms with van der Waals surface area (Å²) in [5, 5.41) is 12.9. The highest BCUT2D eigenvalue weighted by Crippen LogP contribution is 2.59. The van der Waals surface area contributed by atoms with Crippen LogP contribution in [0.5, 0.6) is 5.75 Å². The van der Waals surface area contributed by atoms with Crippen molar-refractivity contribution in [1.29, 1.82) is 0 Å². The van der Waals surface area contributed by atoms with Gasteiger partial charge in [0, 0.05) is 13.1 Å². The molecule has 1 saturated carbocycles. The van der Waals surface area contributed by atoms with E-state index < -0.39 is 10.0 Å². The smallest absolute Gasteiger partial charge is 0.243 e. The number of phenols is 1. The van der Waals surface area contributed by atoms with Crippen LogP contribution < -0.4 is 5.32 Å². The van der Waals surface area contributed by atoms with Crippen LogP contribution in [0, 0.1) is 17.3 Å². The van der Waals surface area contributed by atoms with Crippen molar-refractivity contribution in [1.82, 2.24) is 4.31 Å². The summed E-state index contributed by atoms with van der Waals surface area (Å²) in [6.07, 6.45) is 2.09. The van der Waals surface area contributed by atoms with Crippen molar-refractivity contribution < 1.29 is 23.1 Å². The van der Waals surface area contributed by atoms with Gasteiger partial charge in [0.15, 0.2) is 0 Å². The maximum atomic E-state index is 12.8. The van der Waals surface area contributed by atoms with Crippen molar-refractivity contribution in [2.45, 2.75) is 32.6 Å². The van der Waals surface area contributed by atoms with Crippen molar-refractivity contribution in [3.8, 4) is 5.75 Å². The number of carbonyl (C=O) groups is 1. The minimum absolute atomic E-state index is 0.0402. The number of ether oxygens (including phenoxy) is 1. The van der Waals surface area contributed by atoms with Crippen LogP contribution in [0.4, 0.5) is 5.69 Å². The number of phenolic OH excluding ortho intramolecular Hbond substituents is 1. The Morgan fingerprint density at radius 2 is 1.93 bits per heavy atom. The first-order valence-electron chi connectivity index (χ1n) is 9.42. The van der Waals surface area contributed by atoms with E-state index in [0.717, 1.165) is 5.57 Å². The molecule has 1 saturated heterocycles. The number of sulfonamides is 1. The van der Waals surface area contributed by atoms with Gasteiger partial charge in [0.1, 0.15) is 5.75 Å². The van der Waals surface area contributed by atoms with Crippen molar-refractivity contribution in [3.05, 3.63) is 29.8 Å². The molecule has 154 valence electrons.